The molecule has 1 saturated carbocycles. The van der Waals surface area contributed by atoms with Crippen molar-refractivity contribution in [2.45, 2.75) is 63.8 Å². The lowest BCUT2D eigenvalue weighted by Gasteiger charge is -2.32. The fourth-order valence-corrected chi connectivity index (χ4v) is 4.87. The van der Waals surface area contributed by atoms with E-state index in [2.05, 4.69) is 58.3 Å². The van der Waals surface area contributed by atoms with Gasteiger partial charge in [0.25, 0.3) is 0 Å². The Kier molecular flexibility index (Phi) is 7.91. The molecular formula is C23H37N3O2S. The average molecular weight is 420 g/mol. The van der Waals surface area contributed by atoms with Gasteiger partial charge in [0, 0.05) is 25.2 Å². The first-order valence-electron chi connectivity index (χ1n) is 11.1. The molecule has 1 aromatic carbocycles. The Labute approximate surface area is 177 Å². The van der Waals surface area contributed by atoms with Crippen molar-refractivity contribution >= 4 is 16.1 Å². The first kappa shape index (κ1) is 22.5. The summed E-state index contributed by atoms with van der Waals surface area (Å²) >= 11 is 0. The van der Waals surface area contributed by atoms with Crippen LogP contribution in [0.5, 0.6) is 0 Å². The third-order valence-corrected chi connectivity index (χ3v) is 8.06. The second kappa shape index (κ2) is 10.2. The standard InChI is InChI=1S/C23H37N3O2S/c1-4-20(16-19-8-6-5-7-9-19)22-17-23(22)25-21-10-13-26(14-11-21)15-12-24-29(27,28)18(2)3/h5-9,16,18,21-25H,4,10-15,17H2,1-3H3/b20-16+/t22-,23+/m1/s1. The van der Waals surface area contributed by atoms with Crippen molar-refractivity contribution in [3.05, 3.63) is 41.5 Å². The molecule has 2 fully saturated rings. The van der Waals surface area contributed by atoms with Gasteiger partial charge in [0.05, 0.1) is 5.25 Å². The van der Waals surface area contributed by atoms with Crippen molar-refractivity contribution in [2.75, 3.05) is 26.2 Å². The number of benzene rings is 1. The summed E-state index contributed by atoms with van der Waals surface area (Å²) in [5, 5.41) is 3.51. The van der Waals surface area contributed by atoms with Gasteiger partial charge in [-0.2, -0.15) is 0 Å². The van der Waals surface area contributed by atoms with Crippen LogP contribution in [-0.4, -0.2) is 56.8 Å². The van der Waals surface area contributed by atoms with Gasteiger partial charge in [-0.15, -0.1) is 0 Å². The van der Waals surface area contributed by atoms with E-state index in [0.717, 1.165) is 38.9 Å². The van der Waals surface area contributed by atoms with Gasteiger partial charge in [-0.05, 0) is 64.1 Å². The smallest absolute Gasteiger partial charge is 0.213 e. The third kappa shape index (κ3) is 6.64. The first-order chi connectivity index (χ1) is 13.9. The summed E-state index contributed by atoms with van der Waals surface area (Å²) < 4.78 is 26.4. The van der Waals surface area contributed by atoms with E-state index < -0.39 is 10.0 Å². The van der Waals surface area contributed by atoms with E-state index in [4.69, 9.17) is 0 Å². The van der Waals surface area contributed by atoms with E-state index in [-0.39, 0.29) is 5.25 Å². The van der Waals surface area contributed by atoms with Crippen LogP contribution in [0.25, 0.3) is 6.08 Å². The van der Waals surface area contributed by atoms with Gasteiger partial charge in [0.2, 0.25) is 10.0 Å². The molecule has 0 spiro atoms. The summed E-state index contributed by atoms with van der Waals surface area (Å²) in [6, 6.07) is 11.8. The molecule has 6 heteroatoms. The SMILES string of the molecule is CC/C(=C\c1ccccc1)[C@H]1C[C@@H]1NC1CCN(CCNS(=O)(=O)C(C)C)CC1. The quantitative estimate of drug-likeness (QED) is 0.611. The predicted octanol–water partition coefficient (Wildman–Crippen LogP) is 3.25. The lowest BCUT2D eigenvalue weighted by Crippen LogP contribution is -2.46. The maximum absolute atomic E-state index is 11.8. The second-order valence-electron chi connectivity index (χ2n) is 8.70. The maximum atomic E-state index is 11.8. The normalized spacial score (nSPS) is 24.2. The number of sulfonamides is 1. The zero-order chi connectivity index (χ0) is 20.9. The Bertz CT molecular complexity index is 769. The van der Waals surface area contributed by atoms with Crippen LogP contribution in [0.1, 0.15) is 52.0 Å². The number of piperidine rings is 1. The van der Waals surface area contributed by atoms with Gasteiger partial charge >= 0.3 is 0 Å². The lowest BCUT2D eigenvalue weighted by atomic mass is 10.0. The molecule has 1 heterocycles. The molecule has 0 radical (unpaired) electrons. The molecule has 1 aromatic rings. The van der Waals surface area contributed by atoms with E-state index in [9.17, 15) is 8.42 Å². The van der Waals surface area contributed by atoms with E-state index in [1.807, 2.05) is 0 Å². The molecule has 3 rings (SSSR count). The summed E-state index contributed by atoms with van der Waals surface area (Å²) in [5.74, 6) is 0.684. The summed E-state index contributed by atoms with van der Waals surface area (Å²) in [4.78, 5) is 2.37. The molecule has 1 aliphatic carbocycles. The van der Waals surface area contributed by atoms with Gasteiger partial charge in [0.15, 0.2) is 0 Å². The maximum Gasteiger partial charge on any atom is 0.213 e. The largest absolute Gasteiger partial charge is 0.311 e. The highest BCUT2D eigenvalue weighted by Crippen LogP contribution is 2.40. The summed E-state index contributed by atoms with van der Waals surface area (Å²) in [5.41, 5.74) is 2.86. The molecule has 0 amide bonds. The minimum Gasteiger partial charge on any atom is -0.311 e. The zero-order valence-corrected chi connectivity index (χ0v) is 18.9. The van der Waals surface area contributed by atoms with E-state index in [1.165, 1.54) is 12.0 Å². The molecular weight excluding hydrogens is 382 g/mol. The Morgan fingerprint density at radius 3 is 2.52 bits per heavy atom. The molecule has 2 atom stereocenters. The van der Waals surface area contributed by atoms with Crippen LogP contribution in [0.2, 0.25) is 0 Å². The molecule has 1 aliphatic heterocycles. The van der Waals surface area contributed by atoms with Crippen molar-refractivity contribution in [3.63, 3.8) is 0 Å². The van der Waals surface area contributed by atoms with Crippen LogP contribution >= 0.6 is 0 Å². The van der Waals surface area contributed by atoms with Crippen LogP contribution in [-0.2, 0) is 10.0 Å². The lowest BCUT2D eigenvalue weighted by molar-refractivity contribution is 0.199. The molecule has 5 nitrogen and oxygen atoms in total. The number of likely N-dealkylation sites (tertiary alicyclic amines) is 1. The second-order valence-corrected chi connectivity index (χ2v) is 11.0. The van der Waals surface area contributed by atoms with Crippen molar-refractivity contribution in [2.24, 2.45) is 5.92 Å². The minimum absolute atomic E-state index is 0.368. The molecule has 0 bridgehead atoms. The number of nitrogens with one attached hydrogen (secondary N) is 2. The van der Waals surface area contributed by atoms with E-state index >= 15 is 0 Å². The van der Waals surface area contributed by atoms with Gasteiger partial charge in [0.1, 0.15) is 0 Å². The first-order valence-corrected chi connectivity index (χ1v) is 12.7. The highest BCUT2D eigenvalue weighted by molar-refractivity contribution is 7.90. The highest BCUT2D eigenvalue weighted by Gasteiger charge is 2.40. The van der Waals surface area contributed by atoms with E-state index in [0.29, 0.717) is 24.5 Å². The number of rotatable bonds is 10. The minimum atomic E-state index is -3.15. The summed E-state index contributed by atoms with van der Waals surface area (Å²) in [6.45, 7) is 9.07. The fourth-order valence-electron chi connectivity index (χ4n) is 4.16. The number of hydrogen-bond donors (Lipinski definition) is 2. The summed E-state index contributed by atoms with van der Waals surface area (Å²) in [7, 11) is -3.15. The molecule has 0 unspecified atom stereocenters. The van der Waals surface area contributed by atoms with Gasteiger partial charge in [-0.3, -0.25) is 0 Å². The highest BCUT2D eigenvalue weighted by atomic mass is 32.2. The molecule has 29 heavy (non-hydrogen) atoms. The topological polar surface area (TPSA) is 61.4 Å². The van der Waals surface area contributed by atoms with Crippen LogP contribution in [0.3, 0.4) is 0 Å². The Morgan fingerprint density at radius 2 is 1.90 bits per heavy atom. The third-order valence-electron chi connectivity index (χ3n) is 6.22. The Hall–Kier alpha value is -1.21. The molecule has 1 saturated heterocycles. The number of hydrogen-bond acceptors (Lipinski definition) is 4. The predicted molar refractivity (Wildman–Crippen MR) is 121 cm³/mol. The van der Waals surface area contributed by atoms with Crippen LogP contribution < -0.4 is 10.0 Å². The van der Waals surface area contributed by atoms with Crippen LogP contribution in [0.4, 0.5) is 0 Å². The van der Waals surface area contributed by atoms with Crippen molar-refractivity contribution in [3.8, 4) is 0 Å². The molecule has 0 aromatic heterocycles. The monoisotopic (exact) mass is 419 g/mol. The van der Waals surface area contributed by atoms with Gasteiger partial charge < -0.3 is 10.2 Å². The molecule has 2 N–H and O–H groups in total. The molecule has 162 valence electrons. The van der Waals surface area contributed by atoms with Crippen LogP contribution in [0.15, 0.2) is 35.9 Å². The van der Waals surface area contributed by atoms with E-state index in [1.54, 1.807) is 19.4 Å². The van der Waals surface area contributed by atoms with Gasteiger partial charge in [-0.1, -0.05) is 48.9 Å². The zero-order valence-electron chi connectivity index (χ0n) is 18.1. The van der Waals surface area contributed by atoms with Gasteiger partial charge in [-0.25, -0.2) is 13.1 Å². The average Bonchev–Trinajstić information content (AvgIpc) is 3.47. The van der Waals surface area contributed by atoms with Crippen molar-refractivity contribution in [1.29, 1.82) is 0 Å². The fraction of sp³-hybridized carbons (Fsp3) is 0.652. The van der Waals surface area contributed by atoms with Crippen LogP contribution in [0, 0.1) is 5.92 Å². The Balaban J connectivity index is 1.38. The number of nitrogens with zero attached hydrogens (tertiary/aromatic N) is 1. The molecule has 2 aliphatic rings. The summed E-state index contributed by atoms with van der Waals surface area (Å²) in [6.07, 6.45) is 7.02. The van der Waals surface area contributed by atoms with Crippen molar-refractivity contribution in [1.82, 2.24) is 14.9 Å². The van der Waals surface area contributed by atoms with Crippen molar-refractivity contribution < 1.29 is 8.42 Å². The Morgan fingerprint density at radius 1 is 1.21 bits per heavy atom.